The Morgan fingerprint density at radius 1 is 0.391 bits per heavy atom. The standard InChI is InChI=1S/C40H32N2O2Se2/c43-39(41(33-21-9-3-10-22-33)29-31-17-5-1-6-18-31)35-25-13-15-27-37(35)45-46-38-28-16-14-26-36(38)40(44)42(34-23-11-4-12-24-34)30-32-19-7-2-8-20-32/h1-28H,29-30H2. The molecule has 0 spiro atoms. The van der Waals surface area contributed by atoms with Crippen LogP contribution < -0.4 is 18.7 Å². The topological polar surface area (TPSA) is 40.6 Å². The zero-order chi connectivity index (χ0) is 31.6. The monoisotopic (exact) mass is 732 g/mol. The van der Waals surface area contributed by atoms with Crippen LogP contribution in [0.1, 0.15) is 31.8 Å². The third-order valence-corrected chi connectivity index (χ3v) is 14.7. The van der Waals surface area contributed by atoms with Crippen molar-refractivity contribution in [3.05, 3.63) is 192 Å². The number of para-hydroxylation sites is 2. The molecule has 0 aliphatic rings. The van der Waals surface area contributed by atoms with Crippen LogP contribution in [0.4, 0.5) is 11.4 Å². The summed E-state index contributed by atoms with van der Waals surface area (Å²) in [5.74, 6) is -0.0448. The molecule has 226 valence electrons. The van der Waals surface area contributed by atoms with Crippen molar-refractivity contribution in [3.8, 4) is 0 Å². The van der Waals surface area contributed by atoms with E-state index in [4.69, 9.17) is 0 Å². The molecule has 6 rings (SSSR count). The summed E-state index contributed by atoms with van der Waals surface area (Å²) in [6, 6.07) is 55.7. The molecule has 6 aromatic rings. The molecule has 0 aliphatic carbocycles. The summed E-state index contributed by atoms with van der Waals surface area (Å²) in [7, 11) is 0. The average molecular weight is 731 g/mol. The van der Waals surface area contributed by atoms with Gasteiger partial charge in [-0.1, -0.05) is 0 Å². The number of rotatable bonds is 11. The third-order valence-electron chi connectivity index (χ3n) is 7.45. The first-order valence-corrected chi connectivity index (χ1v) is 21.1. The second kappa shape index (κ2) is 15.5. The zero-order valence-corrected chi connectivity index (χ0v) is 28.5. The van der Waals surface area contributed by atoms with Crippen LogP contribution in [0.5, 0.6) is 0 Å². The molecule has 0 saturated heterocycles. The minimum absolute atomic E-state index is 0.0224. The van der Waals surface area contributed by atoms with Crippen LogP contribution in [0.25, 0.3) is 0 Å². The molecule has 0 aromatic heterocycles. The van der Waals surface area contributed by atoms with Crippen LogP contribution in [-0.4, -0.2) is 38.1 Å². The number of hydrogen-bond acceptors (Lipinski definition) is 2. The van der Waals surface area contributed by atoms with Gasteiger partial charge in [0.25, 0.3) is 0 Å². The molecule has 4 nitrogen and oxygen atoms in total. The summed E-state index contributed by atoms with van der Waals surface area (Å²) in [6.45, 7) is 0.953. The van der Waals surface area contributed by atoms with E-state index >= 15 is 0 Å². The number of carbonyl (C=O) groups is 2. The van der Waals surface area contributed by atoms with Gasteiger partial charge in [0.05, 0.1) is 0 Å². The van der Waals surface area contributed by atoms with Gasteiger partial charge >= 0.3 is 283 Å². The van der Waals surface area contributed by atoms with E-state index in [1.165, 1.54) is 0 Å². The van der Waals surface area contributed by atoms with Gasteiger partial charge in [-0.25, -0.2) is 0 Å². The fraction of sp³-hybridized carbons (Fsp3) is 0.0500. The number of anilines is 2. The summed E-state index contributed by atoms with van der Waals surface area (Å²) < 4.78 is 2.08. The van der Waals surface area contributed by atoms with Gasteiger partial charge in [-0.2, -0.15) is 0 Å². The molecule has 2 amide bonds. The van der Waals surface area contributed by atoms with Gasteiger partial charge in [-0.15, -0.1) is 0 Å². The van der Waals surface area contributed by atoms with Crippen molar-refractivity contribution in [2.45, 2.75) is 13.1 Å². The van der Waals surface area contributed by atoms with Gasteiger partial charge in [0.2, 0.25) is 0 Å². The number of nitrogens with zero attached hydrogens (tertiary/aromatic N) is 2. The van der Waals surface area contributed by atoms with Gasteiger partial charge in [0, 0.05) is 0 Å². The van der Waals surface area contributed by atoms with Gasteiger partial charge in [-0.05, 0) is 0 Å². The number of hydrogen-bond donors (Lipinski definition) is 0. The van der Waals surface area contributed by atoms with Crippen molar-refractivity contribution in [1.29, 1.82) is 0 Å². The Labute approximate surface area is 281 Å². The summed E-state index contributed by atoms with van der Waals surface area (Å²) in [5.41, 5.74) is 5.28. The summed E-state index contributed by atoms with van der Waals surface area (Å²) in [5, 5.41) is 0. The van der Waals surface area contributed by atoms with Gasteiger partial charge in [0.1, 0.15) is 0 Å². The number of carbonyl (C=O) groups excluding carboxylic acids is 2. The van der Waals surface area contributed by atoms with Crippen LogP contribution in [0.3, 0.4) is 0 Å². The predicted octanol–water partition coefficient (Wildman–Crippen LogP) is 6.65. The van der Waals surface area contributed by atoms with E-state index in [9.17, 15) is 9.59 Å². The van der Waals surface area contributed by atoms with Crippen LogP contribution >= 0.6 is 0 Å². The molecular weight excluding hydrogens is 698 g/mol. The maximum atomic E-state index is 14.3. The van der Waals surface area contributed by atoms with Crippen molar-refractivity contribution >= 4 is 58.4 Å². The first-order chi connectivity index (χ1) is 22.7. The maximum absolute atomic E-state index is 14.3. The van der Waals surface area contributed by atoms with Crippen LogP contribution in [0, 0.1) is 0 Å². The average Bonchev–Trinajstić information content (AvgIpc) is 3.13. The van der Waals surface area contributed by atoms with Crippen molar-refractivity contribution in [2.75, 3.05) is 9.80 Å². The number of benzene rings is 6. The molecule has 0 radical (unpaired) electrons. The van der Waals surface area contributed by atoms with E-state index in [0.717, 1.165) is 31.4 Å². The van der Waals surface area contributed by atoms with Crippen LogP contribution in [0.2, 0.25) is 0 Å². The Kier molecular flexibility index (Phi) is 10.6. The van der Waals surface area contributed by atoms with E-state index < -0.39 is 0 Å². The number of amides is 2. The molecule has 0 N–H and O–H groups in total. The van der Waals surface area contributed by atoms with Crippen molar-refractivity contribution in [3.63, 3.8) is 0 Å². The summed E-state index contributed by atoms with van der Waals surface area (Å²) in [4.78, 5) is 32.2. The fourth-order valence-electron chi connectivity index (χ4n) is 5.12. The second-order valence-corrected chi connectivity index (χ2v) is 16.8. The molecule has 6 heteroatoms. The van der Waals surface area contributed by atoms with E-state index in [-0.39, 0.29) is 38.1 Å². The molecule has 0 unspecified atom stereocenters. The summed E-state index contributed by atoms with van der Waals surface area (Å²) >= 11 is -0.0799. The van der Waals surface area contributed by atoms with E-state index in [1.54, 1.807) is 0 Å². The van der Waals surface area contributed by atoms with Crippen molar-refractivity contribution in [2.24, 2.45) is 0 Å². The first kappa shape index (κ1) is 31.3. The van der Waals surface area contributed by atoms with Crippen molar-refractivity contribution in [1.82, 2.24) is 0 Å². The van der Waals surface area contributed by atoms with Crippen molar-refractivity contribution < 1.29 is 9.59 Å². The minimum atomic E-state index is -0.0399. The first-order valence-electron chi connectivity index (χ1n) is 15.0. The van der Waals surface area contributed by atoms with E-state index in [0.29, 0.717) is 24.2 Å². The molecule has 0 fully saturated rings. The second-order valence-electron chi connectivity index (χ2n) is 10.6. The quantitative estimate of drug-likeness (QED) is 0.140. The van der Waals surface area contributed by atoms with Crippen LogP contribution in [-0.2, 0) is 13.1 Å². The summed E-state index contributed by atoms with van der Waals surface area (Å²) in [6.07, 6.45) is 0. The fourth-order valence-corrected chi connectivity index (χ4v) is 12.2. The normalized spacial score (nSPS) is 10.7. The Hall–Kier alpha value is -4.70. The molecule has 46 heavy (non-hydrogen) atoms. The van der Waals surface area contributed by atoms with Gasteiger partial charge < -0.3 is 0 Å². The third kappa shape index (κ3) is 7.74. The van der Waals surface area contributed by atoms with Crippen LogP contribution in [0.15, 0.2) is 170 Å². The molecule has 0 atom stereocenters. The molecule has 0 aliphatic heterocycles. The predicted molar refractivity (Wildman–Crippen MR) is 190 cm³/mol. The molecule has 6 aromatic carbocycles. The van der Waals surface area contributed by atoms with Gasteiger partial charge in [-0.3, -0.25) is 0 Å². The van der Waals surface area contributed by atoms with E-state index in [1.807, 2.05) is 168 Å². The molecule has 0 saturated carbocycles. The Morgan fingerprint density at radius 3 is 1.07 bits per heavy atom. The molecular formula is C40H32N2O2Se2. The Morgan fingerprint density at radius 2 is 0.696 bits per heavy atom. The Bertz CT molecular complexity index is 1740. The van der Waals surface area contributed by atoms with Gasteiger partial charge in [0.15, 0.2) is 0 Å². The molecule has 0 heterocycles. The van der Waals surface area contributed by atoms with E-state index in [2.05, 4.69) is 12.1 Å². The zero-order valence-electron chi connectivity index (χ0n) is 25.1. The SMILES string of the molecule is O=C(c1ccccc1[Se][Se]c1ccccc1C(=O)N(Cc1ccccc1)c1ccccc1)N(Cc1ccccc1)c1ccccc1. The Balaban J connectivity index is 1.27. The molecule has 0 bridgehead atoms.